The second-order valence-electron chi connectivity index (χ2n) is 2.51. The summed E-state index contributed by atoms with van der Waals surface area (Å²) >= 11 is 1.58. The molecule has 5 heteroatoms. The lowest BCUT2D eigenvalue weighted by Gasteiger charge is -1.94. The molecular weight excluding hydrogens is 184 g/mol. The van der Waals surface area contributed by atoms with Gasteiger partial charge in [-0.1, -0.05) is 0 Å². The van der Waals surface area contributed by atoms with Crippen LogP contribution in [0.25, 0.3) is 0 Å². The third-order valence-corrected chi connectivity index (χ3v) is 2.33. The lowest BCUT2D eigenvalue weighted by molar-refractivity contribution is 0.693. The molecule has 0 amide bonds. The number of aromatic nitrogens is 3. The summed E-state index contributed by atoms with van der Waals surface area (Å²) in [5, 5.41) is 12.6. The fourth-order valence-corrected chi connectivity index (χ4v) is 1.57. The average molecular weight is 190 g/mol. The molecule has 0 bridgehead atoms. The fourth-order valence-electron chi connectivity index (χ4n) is 0.988. The number of hydrogen-bond donors (Lipinski definition) is 0. The lowest BCUT2D eigenvalue weighted by atomic mass is 10.4. The summed E-state index contributed by atoms with van der Waals surface area (Å²) in [5.41, 5.74) is 2.37. The van der Waals surface area contributed by atoms with Crippen molar-refractivity contribution in [2.24, 2.45) is 0 Å². The maximum Gasteiger partial charge on any atom is 0.102 e. The van der Waals surface area contributed by atoms with Crippen LogP contribution in [0.3, 0.4) is 0 Å². The molecule has 0 atom stereocenters. The van der Waals surface area contributed by atoms with Crippen molar-refractivity contribution in [1.82, 2.24) is 14.8 Å². The van der Waals surface area contributed by atoms with E-state index in [0.29, 0.717) is 12.1 Å². The number of rotatable bonds is 2. The minimum absolute atomic E-state index is 0.588. The van der Waals surface area contributed by atoms with E-state index < -0.39 is 0 Å². The largest absolute Gasteiger partial charge is 0.266 e. The highest BCUT2D eigenvalue weighted by Gasteiger charge is 1.99. The highest BCUT2D eigenvalue weighted by molar-refractivity contribution is 7.09. The van der Waals surface area contributed by atoms with Crippen LogP contribution >= 0.6 is 11.3 Å². The van der Waals surface area contributed by atoms with Crippen molar-refractivity contribution < 1.29 is 0 Å². The molecule has 0 fully saturated rings. The molecule has 0 aliphatic heterocycles. The van der Waals surface area contributed by atoms with Gasteiger partial charge < -0.3 is 0 Å². The Balaban J connectivity index is 2.15. The number of hydrogen-bond acceptors (Lipinski definition) is 4. The van der Waals surface area contributed by atoms with E-state index in [4.69, 9.17) is 5.26 Å². The van der Waals surface area contributed by atoms with Gasteiger partial charge in [0, 0.05) is 17.3 Å². The van der Waals surface area contributed by atoms with Crippen molar-refractivity contribution in [3.63, 3.8) is 0 Å². The van der Waals surface area contributed by atoms with E-state index in [0.717, 1.165) is 4.88 Å². The Kier molecular flexibility index (Phi) is 2.06. The van der Waals surface area contributed by atoms with Crippen LogP contribution in [0.15, 0.2) is 24.1 Å². The highest BCUT2D eigenvalue weighted by Crippen LogP contribution is 2.07. The molecule has 13 heavy (non-hydrogen) atoms. The fraction of sp³-hybridized carbons (Fsp3) is 0.125. The van der Waals surface area contributed by atoms with E-state index in [9.17, 15) is 0 Å². The van der Waals surface area contributed by atoms with Gasteiger partial charge in [-0.2, -0.15) is 10.4 Å². The van der Waals surface area contributed by atoms with E-state index >= 15 is 0 Å². The van der Waals surface area contributed by atoms with E-state index in [-0.39, 0.29) is 0 Å². The SMILES string of the molecule is N#Cc1cnn(Cc2cncs2)c1. The van der Waals surface area contributed by atoms with Gasteiger partial charge in [0.05, 0.1) is 23.8 Å². The molecule has 2 aromatic rings. The van der Waals surface area contributed by atoms with Gasteiger partial charge in [-0.15, -0.1) is 11.3 Å². The van der Waals surface area contributed by atoms with Gasteiger partial charge in [-0.25, -0.2) is 0 Å². The second-order valence-corrected chi connectivity index (χ2v) is 3.48. The molecule has 0 N–H and O–H groups in total. The van der Waals surface area contributed by atoms with E-state index in [1.165, 1.54) is 0 Å². The Morgan fingerprint density at radius 1 is 1.54 bits per heavy atom. The summed E-state index contributed by atoms with van der Waals surface area (Å²) in [5.74, 6) is 0. The maximum atomic E-state index is 8.56. The lowest BCUT2D eigenvalue weighted by Crippen LogP contribution is -1.97. The number of nitrogens with zero attached hydrogens (tertiary/aromatic N) is 4. The number of thiazole rings is 1. The van der Waals surface area contributed by atoms with Gasteiger partial charge >= 0.3 is 0 Å². The van der Waals surface area contributed by atoms with E-state index in [1.807, 2.05) is 6.07 Å². The zero-order valence-electron chi connectivity index (χ0n) is 6.71. The second kappa shape index (κ2) is 3.37. The van der Waals surface area contributed by atoms with Gasteiger partial charge in [0.1, 0.15) is 6.07 Å². The maximum absolute atomic E-state index is 8.56. The van der Waals surface area contributed by atoms with Crippen molar-refractivity contribution in [2.75, 3.05) is 0 Å². The molecule has 2 rings (SSSR count). The quantitative estimate of drug-likeness (QED) is 0.716. The monoisotopic (exact) mass is 190 g/mol. The molecule has 0 saturated heterocycles. The zero-order valence-corrected chi connectivity index (χ0v) is 7.53. The first-order valence-electron chi connectivity index (χ1n) is 3.68. The topological polar surface area (TPSA) is 54.5 Å². The molecule has 2 aromatic heterocycles. The summed E-state index contributed by atoms with van der Waals surface area (Å²) in [4.78, 5) is 5.09. The summed E-state index contributed by atoms with van der Waals surface area (Å²) in [6, 6.07) is 2.03. The summed E-state index contributed by atoms with van der Waals surface area (Å²) in [6.07, 6.45) is 5.08. The minimum atomic E-state index is 0.588. The van der Waals surface area contributed by atoms with Crippen molar-refractivity contribution in [3.05, 3.63) is 34.5 Å². The standard InChI is InChI=1S/C8H6N4S/c9-1-7-2-11-12(4-7)5-8-3-10-6-13-8/h2-4,6H,5H2. The molecule has 0 unspecified atom stereocenters. The van der Waals surface area contributed by atoms with Crippen molar-refractivity contribution in [3.8, 4) is 6.07 Å². The molecule has 64 valence electrons. The molecule has 0 aromatic carbocycles. The van der Waals surface area contributed by atoms with Crippen LogP contribution in [0.5, 0.6) is 0 Å². The minimum Gasteiger partial charge on any atom is -0.266 e. The Labute approximate surface area is 79.1 Å². The highest BCUT2D eigenvalue weighted by atomic mass is 32.1. The van der Waals surface area contributed by atoms with Crippen molar-refractivity contribution in [1.29, 1.82) is 5.26 Å². The van der Waals surface area contributed by atoms with Crippen molar-refractivity contribution >= 4 is 11.3 Å². The molecule has 2 heterocycles. The molecule has 4 nitrogen and oxygen atoms in total. The normalized spacial score (nSPS) is 9.77. The van der Waals surface area contributed by atoms with Crippen LogP contribution in [-0.2, 0) is 6.54 Å². The molecule has 0 spiro atoms. The first kappa shape index (κ1) is 7.95. The first-order valence-corrected chi connectivity index (χ1v) is 4.56. The first-order chi connectivity index (χ1) is 6.38. The predicted octanol–water partition coefficient (Wildman–Crippen LogP) is 1.26. The van der Waals surface area contributed by atoms with Crippen LogP contribution in [0.2, 0.25) is 0 Å². The van der Waals surface area contributed by atoms with Gasteiger partial charge in [-0.3, -0.25) is 9.67 Å². The Bertz CT molecular complexity index is 423. The van der Waals surface area contributed by atoms with Gasteiger partial charge in [0.15, 0.2) is 0 Å². The van der Waals surface area contributed by atoms with E-state index in [2.05, 4.69) is 10.1 Å². The van der Waals surface area contributed by atoms with Crippen LogP contribution in [0.4, 0.5) is 0 Å². The van der Waals surface area contributed by atoms with Crippen LogP contribution < -0.4 is 0 Å². The zero-order chi connectivity index (χ0) is 9.10. The third-order valence-electron chi connectivity index (χ3n) is 1.56. The predicted molar refractivity (Wildman–Crippen MR) is 48.2 cm³/mol. The molecule has 0 aliphatic carbocycles. The molecule has 0 saturated carbocycles. The molecule has 0 radical (unpaired) electrons. The van der Waals surface area contributed by atoms with Gasteiger partial charge in [0.2, 0.25) is 0 Å². The van der Waals surface area contributed by atoms with Crippen molar-refractivity contribution in [2.45, 2.75) is 6.54 Å². The van der Waals surface area contributed by atoms with Crippen LogP contribution in [0.1, 0.15) is 10.4 Å². The summed E-state index contributed by atoms with van der Waals surface area (Å²) in [7, 11) is 0. The Hall–Kier alpha value is -1.67. The number of nitriles is 1. The molecule has 0 aliphatic rings. The average Bonchev–Trinajstić information content (AvgIpc) is 2.76. The van der Waals surface area contributed by atoms with E-state index in [1.54, 1.807) is 40.1 Å². The Morgan fingerprint density at radius 3 is 3.08 bits per heavy atom. The third kappa shape index (κ3) is 1.73. The van der Waals surface area contributed by atoms with Gasteiger partial charge in [0.25, 0.3) is 0 Å². The van der Waals surface area contributed by atoms with Crippen LogP contribution in [-0.4, -0.2) is 14.8 Å². The Morgan fingerprint density at radius 2 is 2.46 bits per heavy atom. The van der Waals surface area contributed by atoms with Crippen LogP contribution in [0, 0.1) is 11.3 Å². The molecular formula is C8H6N4S. The summed E-state index contributed by atoms with van der Waals surface area (Å²) < 4.78 is 1.73. The summed E-state index contributed by atoms with van der Waals surface area (Å²) in [6.45, 7) is 0.687. The smallest absolute Gasteiger partial charge is 0.102 e. The van der Waals surface area contributed by atoms with Gasteiger partial charge in [-0.05, 0) is 0 Å².